The fourth-order valence-corrected chi connectivity index (χ4v) is 1.73. The van der Waals surface area contributed by atoms with E-state index in [9.17, 15) is 9.59 Å². The van der Waals surface area contributed by atoms with Crippen LogP contribution in [0.1, 0.15) is 28.8 Å². The first kappa shape index (κ1) is 13.8. The Morgan fingerprint density at radius 2 is 1.75 bits per heavy atom. The molecule has 4 heteroatoms. The molecule has 102 valence electrons. The van der Waals surface area contributed by atoms with Gasteiger partial charge in [-0.2, -0.15) is 0 Å². The number of carboxylic acid groups (broad SMARTS) is 1. The van der Waals surface area contributed by atoms with E-state index in [1.54, 1.807) is 55.5 Å². The normalized spacial score (nSPS) is 11.7. The van der Waals surface area contributed by atoms with Gasteiger partial charge >= 0.3 is 11.9 Å². The third-order valence-corrected chi connectivity index (χ3v) is 2.95. The van der Waals surface area contributed by atoms with Crippen molar-refractivity contribution in [2.75, 3.05) is 0 Å². The number of carbonyl (C=O) groups is 2. The van der Waals surface area contributed by atoms with Crippen molar-refractivity contribution in [3.63, 3.8) is 0 Å². The van der Waals surface area contributed by atoms with Gasteiger partial charge in [0.25, 0.3) is 0 Å². The van der Waals surface area contributed by atoms with Gasteiger partial charge in [-0.25, -0.2) is 4.79 Å². The fourth-order valence-electron chi connectivity index (χ4n) is 1.73. The van der Waals surface area contributed by atoms with Gasteiger partial charge in [0.2, 0.25) is 0 Å². The van der Waals surface area contributed by atoms with Crippen LogP contribution < -0.4 is 4.74 Å². The number of esters is 1. The van der Waals surface area contributed by atoms with Gasteiger partial charge in [-0.15, -0.1) is 0 Å². The summed E-state index contributed by atoms with van der Waals surface area (Å²) in [6, 6.07) is 15.2. The smallest absolute Gasteiger partial charge is 0.343 e. The maximum Gasteiger partial charge on any atom is 0.343 e. The van der Waals surface area contributed by atoms with E-state index < -0.39 is 17.9 Å². The van der Waals surface area contributed by atoms with Crippen molar-refractivity contribution in [2.45, 2.75) is 12.8 Å². The van der Waals surface area contributed by atoms with Gasteiger partial charge in [0.05, 0.1) is 11.5 Å². The van der Waals surface area contributed by atoms with Crippen LogP contribution in [-0.2, 0) is 4.79 Å². The second kappa shape index (κ2) is 6.02. The lowest BCUT2D eigenvalue weighted by Gasteiger charge is -2.09. The molecule has 0 fully saturated rings. The summed E-state index contributed by atoms with van der Waals surface area (Å²) < 4.78 is 5.24. The summed E-state index contributed by atoms with van der Waals surface area (Å²) >= 11 is 0. The molecule has 1 unspecified atom stereocenters. The van der Waals surface area contributed by atoms with Gasteiger partial charge in [-0.05, 0) is 36.8 Å². The van der Waals surface area contributed by atoms with Gasteiger partial charge in [0.1, 0.15) is 5.75 Å². The molecule has 0 bridgehead atoms. The zero-order chi connectivity index (χ0) is 14.5. The number of benzene rings is 2. The van der Waals surface area contributed by atoms with E-state index in [0.717, 1.165) is 0 Å². The first-order valence-corrected chi connectivity index (χ1v) is 6.18. The molecular formula is C16H14O4. The van der Waals surface area contributed by atoms with Crippen LogP contribution in [0, 0.1) is 0 Å². The van der Waals surface area contributed by atoms with E-state index in [1.807, 2.05) is 6.07 Å². The lowest BCUT2D eigenvalue weighted by molar-refractivity contribution is -0.138. The van der Waals surface area contributed by atoms with Crippen LogP contribution in [0.15, 0.2) is 54.6 Å². The van der Waals surface area contributed by atoms with Crippen LogP contribution in [0.3, 0.4) is 0 Å². The zero-order valence-electron chi connectivity index (χ0n) is 10.9. The fraction of sp³-hybridized carbons (Fsp3) is 0.125. The van der Waals surface area contributed by atoms with Crippen molar-refractivity contribution in [2.24, 2.45) is 0 Å². The first-order chi connectivity index (χ1) is 9.58. The van der Waals surface area contributed by atoms with E-state index in [-0.39, 0.29) is 0 Å². The van der Waals surface area contributed by atoms with E-state index in [4.69, 9.17) is 9.84 Å². The molecule has 1 atom stereocenters. The van der Waals surface area contributed by atoms with Crippen molar-refractivity contribution in [3.8, 4) is 5.75 Å². The molecule has 2 aromatic rings. The Balaban J connectivity index is 2.16. The summed E-state index contributed by atoms with van der Waals surface area (Å²) in [7, 11) is 0. The zero-order valence-corrected chi connectivity index (χ0v) is 10.9. The molecule has 0 aliphatic carbocycles. The molecule has 0 heterocycles. The van der Waals surface area contributed by atoms with Gasteiger partial charge in [0, 0.05) is 0 Å². The predicted molar refractivity (Wildman–Crippen MR) is 73.9 cm³/mol. The van der Waals surface area contributed by atoms with Gasteiger partial charge in [-0.1, -0.05) is 30.3 Å². The Morgan fingerprint density at radius 1 is 1.05 bits per heavy atom. The standard InChI is InChI=1S/C16H14O4/c1-11(15(17)18)13-8-5-9-14(10-13)20-16(19)12-6-3-2-4-7-12/h2-11H,1H3,(H,17,18). The minimum absolute atomic E-state index is 0.337. The third-order valence-electron chi connectivity index (χ3n) is 2.95. The van der Waals surface area contributed by atoms with E-state index >= 15 is 0 Å². The number of aliphatic carboxylic acids is 1. The third kappa shape index (κ3) is 3.23. The lowest BCUT2D eigenvalue weighted by atomic mass is 10.0. The molecule has 0 aliphatic rings. The second-order valence-corrected chi connectivity index (χ2v) is 4.39. The highest BCUT2D eigenvalue weighted by atomic mass is 16.5. The average Bonchev–Trinajstić information content (AvgIpc) is 2.47. The number of ether oxygens (including phenoxy) is 1. The van der Waals surface area contributed by atoms with Crippen molar-refractivity contribution in [1.29, 1.82) is 0 Å². The summed E-state index contributed by atoms with van der Waals surface area (Å²) in [5.41, 5.74) is 1.04. The summed E-state index contributed by atoms with van der Waals surface area (Å²) in [6.45, 7) is 1.58. The van der Waals surface area contributed by atoms with Crippen LogP contribution in [0.4, 0.5) is 0 Å². The van der Waals surface area contributed by atoms with E-state index in [0.29, 0.717) is 16.9 Å². The topological polar surface area (TPSA) is 63.6 Å². The molecule has 2 rings (SSSR count). The SMILES string of the molecule is CC(C(=O)O)c1cccc(OC(=O)c2ccccc2)c1. The second-order valence-electron chi connectivity index (χ2n) is 4.39. The number of rotatable bonds is 4. The minimum atomic E-state index is -0.920. The van der Waals surface area contributed by atoms with Crippen molar-refractivity contribution in [1.82, 2.24) is 0 Å². The summed E-state index contributed by atoms with van der Waals surface area (Å²) in [6.07, 6.45) is 0. The van der Waals surface area contributed by atoms with E-state index in [2.05, 4.69) is 0 Å². The quantitative estimate of drug-likeness (QED) is 0.685. The van der Waals surface area contributed by atoms with Crippen molar-refractivity contribution >= 4 is 11.9 Å². The highest BCUT2D eigenvalue weighted by molar-refractivity contribution is 5.91. The molecule has 1 N–H and O–H groups in total. The molecule has 0 spiro atoms. The van der Waals surface area contributed by atoms with Gasteiger partial charge in [0.15, 0.2) is 0 Å². The molecule has 0 saturated heterocycles. The molecule has 0 amide bonds. The molecular weight excluding hydrogens is 256 g/mol. The van der Waals surface area contributed by atoms with E-state index in [1.165, 1.54) is 0 Å². The van der Waals surface area contributed by atoms with Crippen molar-refractivity contribution in [3.05, 3.63) is 65.7 Å². The molecule has 0 aliphatic heterocycles. The predicted octanol–water partition coefficient (Wildman–Crippen LogP) is 3.09. The summed E-state index contributed by atoms with van der Waals surface area (Å²) in [5, 5.41) is 8.98. The minimum Gasteiger partial charge on any atom is -0.481 e. The lowest BCUT2D eigenvalue weighted by Crippen LogP contribution is -2.10. The maximum absolute atomic E-state index is 11.9. The van der Waals surface area contributed by atoms with Crippen LogP contribution >= 0.6 is 0 Å². The Hall–Kier alpha value is -2.62. The van der Waals surface area contributed by atoms with Crippen LogP contribution in [0.25, 0.3) is 0 Å². The molecule has 4 nitrogen and oxygen atoms in total. The molecule has 0 radical (unpaired) electrons. The van der Waals surface area contributed by atoms with Gasteiger partial charge < -0.3 is 9.84 Å². The van der Waals surface area contributed by atoms with Crippen molar-refractivity contribution < 1.29 is 19.4 Å². The Morgan fingerprint density at radius 3 is 2.40 bits per heavy atom. The first-order valence-electron chi connectivity index (χ1n) is 6.18. The highest BCUT2D eigenvalue weighted by Gasteiger charge is 2.15. The maximum atomic E-state index is 11.9. The average molecular weight is 270 g/mol. The highest BCUT2D eigenvalue weighted by Crippen LogP contribution is 2.21. The molecule has 20 heavy (non-hydrogen) atoms. The van der Waals surface area contributed by atoms with Crippen LogP contribution in [0.2, 0.25) is 0 Å². The number of carbonyl (C=O) groups excluding carboxylic acids is 1. The molecule has 2 aromatic carbocycles. The summed E-state index contributed by atoms with van der Waals surface area (Å²) in [4.78, 5) is 22.8. The molecule has 0 aromatic heterocycles. The van der Waals surface area contributed by atoms with Crippen LogP contribution in [-0.4, -0.2) is 17.0 Å². The largest absolute Gasteiger partial charge is 0.481 e. The molecule has 0 saturated carbocycles. The Bertz CT molecular complexity index is 619. The summed E-state index contributed by atoms with van der Waals surface area (Å²) in [5.74, 6) is -1.70. The number of hydrogen-bond acceptors (Lipinski definition) is 3. The Labute approximate surface area is 116 Å². The number of hydrogen-bond donors (Lipinski definition) is 1. The number of carboxylic acids is 1. The Kier molecular flexibility index (Phi) is 4.15. The van der Waals surface area contributed by atoms with Crippen LogP contribution in [0.5, 0.6) is 5.75 Å². The monoisotopic (exact) mass is 270 g/mol. The van der Waals surface area contributed by atoms with Gasteiger partial charge in [-0.3, -0.25) is 4.79 Å².